The molecule has 1 saturated carbocycles. The molecule has 1 N–H and O–H groups in total. The van der Waals surface area contributed by atoms with Crippen LogP contribution in [0.5, 0.6) is 0 Å². The van der Waals surface area contributed by atoms with Gasteiger partial charge >= 0.3 is 0 Å². The number of aliphatic hydroxyl groups excluding tert-OH is 1. The van der Waals surface area contributed by atoms with Crippen molar-refractivity contribution in [1.82, 2.24) is 14.7 Å². The number of hydrogen-bond acceptors (Lipinski definition) is 3. The second-order valence-electron chi connectivity index (χ2n) is 5.73. The molecule has 1 atom stereocenters. The molecule has 1 heterocycles. The number of hydrogen-bond donors (Lipinski definition) is 1. The topological polar surface area (TPSA) is 41.3 Å². The average molecular weight is 251 g/mol. The first-order chi connectivity index (χ1) is 8.58. The molecule has 0 spiro atoms. The summed E-state index contributed by atoms with van der Waals surface area (Å²) in [6.45, 7) is 6.33. The van der Waals surface area contributed by atoms with Gasteiger partial charge in [-0.2, -0.15) is 5.10 Å². The zero-order valence-corrected chi connectivity index (χ0v) is 11.7. The number of nitrogens with zero attached hydrogens (tertiary/aromatic N) is 3. The van der Waals surface area contributed by atoms with Crippen LogP contribution < -0.4 is 0 Å². The van der Waals surface area contributed by atoms with Crippen molar-refractivity contribution in [2.24, 2.45) is 5.92 Å². The Morgan fingerprint density at radius 2 is 2.28 bits per heavy atom. The van der Waals surface area contributed by atoms with Gasteiger partial charge in [0, 0.05) is 25.3 Å². The Bertz CT molecular complexity index is 371. The first kappa shape index (κ1) is 13.6. The summed E-state index contributed by atoms with van der Waals surface area (Å²) in [4.78, 5) is 2.31. The second kappa shape index (κ2) is 5.85. The molecular formula is C14H25N3O. The third-order valence-electron chi connectivity index (χ3n) is 3.92. The lowest BCUT2D eigenvalue weighted by Gasteiger charge is -2.34. The summed E-state index contributed by atoms with van der Waals surface area (Å²) in [5.74, 6) is 0.668. The summed E-state index contributed by atoms with van der Waals surface area (Å²) in [6, 6.07) is 2.59. The van der Waals surface area contributed by atoms with Gasteiger partial charge in [-0.15, -0.1) is 0 Å². The van der Waals surface area contributed by atoms with Gasteiger partial charge in [0.15, 0.2) is 0 Å². The first-order valence-electron chi connectivity index (χ1n) is 6.99. The van der Waals surface area contributed by atoms with Crippen LogP contribution in [-0.2, 0) is 6.54 Å². The highest BCUT2D eigenvalue weighted by atomic mass is 16.3. The predicted molar refractivity (Wildman–Crippen MR) is 72.3 cm³/mol. The van der Waals surface area contributed by atoms with Crippen LogP contribution in [-0.4, -0.2) is 39.5 Å². The third-order valence-corrected chi connectivity index (χ3v) is 3.92. The van der Waals surface area contributed by atoms with Gasteiger partial charge in [-0.05, 0) is 45.2 Å². The molecule has 1 aliphatic rings. The van der Waals surface area contributed by atoms with Gasteiger partial charge in [-0.25, -0.2) is 0 Å². The molecule has 4 nitrogen and oxygen atoms in total. The molecule has 0 saturated heterocycles. The van der Waals surface area contributed by atoms with Crippen LogP contribution in [0.3, 0.4) is 0 Å². The Kier molecular flexibility index (Phi) is 4.40. The maximum atomic E-state index is 9.28. The fraction of sp³-hybridized carbons (Fsp3) is 0.786. The van der Waals surface area contributed by atoms with E-state index in [2.05, 4.69) is 47.8 Å². The normalized spacial score (nSPS) is 25.2. The summed E-state index contributed by atoms with van der Waals surface area (Å²) in [5, 5.41) is 13.9. The predicted octanol–water partition coefficient (Wildman–Crippen LogP) is 2.06. The van der Waals surface area contributed by atoms with Gasteiger partial charge in [0.25, 0.3) is 0 Å². The fourth-order valence-electron chi connectivity index (χ4n) is 2.53. The SMILES string of the molecule is CCC(C)n1ccc(CN(C)CC2CC(O)C2)n1. The van der Waals surface area contributed by atoms with E-state index in [-0.39, 0.29) is 6.10 Å². The second-order valence-corrected chi connectivity index (χ2v) is 5.73. The van der Waals surface area contributed by atoms with Gasteiger partial charge in [0.05, 0.1) is 11.8 Å². The van der Waals surface area contributed by atoms with E-state index in [1.54, 1.807) is 0 Å². The van der Waals surface area contributed by atoms with E-state index >= 15 is 0 Å². The number of rotatable bonds is 6. The lowest BCUT2D eigenvalue weighted by atomic mass is 9.82. The molecule has 0 aliphatic heterocycles. The van der Waals surface area contributed by atoms with Crippen LogP contribution >= 0.6 is 0 Å². The molecule has 0 aromatic carbocycles. The maximum Gasteiger partial charge on any atom is 0.0764 e. The molecule has 1 unspecified atom stereocenters. The molecule has 1 aromatic heterocycles. The third kappa shape index (κ3) is 3.33. The minimum Gasteiger partial charge on any atom is -0.393 e. The highest BCUT2D eigenvalue weighted by Gasteiger charge is 2.27. The van der Waals surface area contributed by atoms with Crippen LogP contribution in [0.1, 0.15) is 44.8 Å². The van der Waals surface area contributed by atoms with E-state index in [1.807, 2.05) is 0 Å². The largest absolute Gasteiger partial charge is 0.393 e. The quantitative estimate of drug-likeness (QED) is 0.841. The molecule has 2 rings (SSSR count). The van der Waals surface area contributed by atoms with Gasteiger partial charge in [-0.1, -0.05) is 6.92 Å². The first-order valence-corrected chi connectivity index (χ1v) is 6.99. The van der Waals surface area contributed by atoms with E-state index in [0.29, 0.717) is 12.0 Å². The monoisotopic (exact) mass is 251 g/mol. The van der Waals surface area contributed by atoms with Crippen LogP contribution in [0.4, 0.5) is 0 Å². The van der Waals surface area contributed by atoms with Gasteiger partial charge in [0.1, 0.15) is 0 Å². The molecular weight excluding hydrogens is 226 g/mol. The Labute approximate surface area is 110 Å². The van der Waals surface area contributed by atoms with Crippen LogP contribution in [0.25, 0.3) is 0 Å². The Morgan fingerprint density at radius 3 is 2.89 bits per heavy atom. The standard InChI is InChI=1S/C14H25N3O/c1-4-11(2)17-6-5-13(15-17)10-16(3)9-12-7-14(18)8-12/h5-6,11-12,14,18H,4,7-10H2,1-3H3. The van der Waals surface area contributed by atoms with Crippen molar-refractivity contribution in [1.29, 1.82) is 0 Å². The molecule has 1 aromatic rings. The summed E-state index contributed by atoms with van der Waals surface area (Å²) >= 11 is 0. The van der Waals surface area contributed by atoms with Gasteiger partial charge in [0.2, 0.25) is 0 Å². The average Bonchev–Trinajstić information content (AvgIpc) is 2.74. The molecule has 0 bridgehead atoms. The van der Waals surface area contributed by atoms with E-state index < -0.39 is 0 Å². The molecule has 0 radical (unpaired) electrons. The van der Waals surface area contributed by atoms with Gasteiger partial charge < -0.3 is 10.0 Å². The van der Waals surface area contributed by atoms with Crippen molar-refractivity contribution in [3.63, 3.8) is 0 Å². The zero-order valence-electron chi connectivity index (χ0n) is 11.7. The lowest BCUT2D eigenvalue weighted by molar-refractivity contribution is 0.0272. The number of aromatic nitrogens is 2. The van der Waals surface area contributed by atoms with E-state index in [1.165, 1.54) is 0 Å². The van der Waals surface area contributed by atoms with Crippen molar-refractivity contribution in [2.45, 2.75) is 51.8 Å². The fourth-order valence-corrected chi connectivity index (χ4v) is 2.53. The van der Waals surface area contributed by atoms with Gasteiger partial charge in [-0.3, -0.25) is 4.68 Å². The number of aliphatic hydroxyl groups is 1. The zero-order chi connectivity index (χ0) is 13.1. The molecule has 18 heavy (non-hydrogen) atoms. The summed E-state index contributed by atoms with van der Waals surface area (Å²) < 4.78 is 2.05. The van der Waals surface area contributed by atoms with Crippen LogP contribution in [0.2, 0.25) is 0 Å². The van der Waals surface area contributed by atoms with Crippen molar-refractivity contribution in [3.8, 4) is 0 Å². The molecule has 1 aliphatic carbocycles. The van der Waals surface area contributed by atoms with Crippen molar-refractivity contribution in [2.75, 3.05) is 13.6 Å². The highest BCUT2D eigenvalue weighted by molar-refractivity contribution is 4.99. The summed E-state index contributed by atoms with van der Waals surface area (Å²) in [7, 11) is 2.13. The summed E-state index contributed by atoms with van der Waals surface area (Å²) in [5.41, 5.74) is 1.14. The molecule has 102 valence electrons. The van der Waals surface area contributed by atoms with Crippen molar-refractivity contribution >= 4 is 0 Å². The van der Waals surface area contributed by atoms with E-state index in [9.17, 15) is 5.11 Å². The smallest absolute Gasteiger partial charge is 0.0764 e. The Hall–Kier alpha value is -0.870. The minimum absolute atomic E-state index is 0.0481. The molecule has 1 fully saturated rings. The molecule has 4 heteroatoms. The Balaban J connectivity index is 1.79. The van der Waals surface area contributed by atoms with E-state index in [4.69, 9.17) is 0 Å². The summed E-state index contributed by atoms with van der Waals surface area (Å²) in [6.07, 6.45) is 5.06. The van der Waals surface area contributed by atoms with E-state index in [0.717, 1.165) is 38.0 Å². The Morgan fingerprint density at radius 1 is 1.56 bits per heavy atom. The lowest BCUT2D eigenvalue weighted by Crippen LogP contribution is -2.36. The van der Waals surface area contributed by atoms with Crippen molar-refractivity contribution < 1.29 is 5.11 Å². The maximum absolute atomic E-state index is 9.28. The highest BCUT2D eigenvalue weighted by Crippen LogP contribution is 2.27. The van der Waals surface area contributed by atoms with Crippen LogP contribution in [0.15, 0.2) is 12.3 Å². The van der Waals surface area contributed by atoms with Crippen LogP contribution in [0, 0.1) is 5.92 Å². The molecule has 0 amide bonds. The minimum atomic E-state index is -0.0481. The van der Waals surface area contributed by atoms with Crippen molar-refractivity contribution in [3.05, 3.63) is 18.0 Å².